The molecule has 4 heteroatoms. The SMILES string of the molecule is CC1(CCN)CN(C2CCCC2)C(=O)CO1. The highest BCUT2D eigenvalue weighted by Crippen LogP contribution is 2.29. The smallest absolute Gasteiger partial charge is 0.248 e. The molecule has 0 aromatic rings. The Morgan fingerprint density at radius 1 is 1.50 bits per heavy atom. The zero-order valence-corrected chi connectivity index (χ0v) is 10.1. The maximum Gasteiger partial charge on any atom is 0.248 e. The van der Waals surface area contributed by atoms with Crippen molar-refractivity contribution in [2.45, 2.75) is 50.7 Å². The minimum Gasteiger partial charge on any atom is -0.364 e. The van der Waals surface area contributed by atoms with Gasteiger partial charge in [0, 0.05) is 12.6 Å². The van der Waals surface area contributed by atoms with Crippen molar-refractivity contribution in [2.75, 3.05) is 19.7 Å². The molecule has 1 saturated heterocycles. The summed E-state index contributed by atoms with van der Waals surface area (Å²) in [6.45, 7) is 3.62. The predicted octanol–water partition coefficient (Wildman–Crippen LogP) is 0.895. The highest BCUT2D eigenvalue weighted by atomic mass is 16.5. The highest BCUT2D eigenvalue weighted by Gasteiger charge is 2.38. The van der Waals surface area contributed by atoms with Crippen molar-refractivity contribution in [3.63, 3.8) is 0 Å². The van der Waals surface area contributed by atoms with Crippen LogP contribution in [-0.4, -0.2) is 42.1 Å². The number of nitrogens with two attached hydrogens (primary N) is 1. The van der Waals surface area contributed by atoms with E-state index in [2.05, 4.69) is 6.92 Å². The van der Waals surface area contributed by atoms with Gasteiger partial charge in [-0.15, -0.1) is 0 Å². The number of rotatable bonds is 3. The van der Waals surface area contributed by atoms with Crippen molar-refractivity contribution in [1.29, 1.82) is 0 Å². The standard InChI is InChI=1S/C12H22N2O2/c1-12(6-7-13)9-14(11(15)8-16-12)10-4-2-3-5-10/h10H,2-9,13H2,1H3. The molecule has 1 heterocycles. The van der Waals surface area contributed by atoms with Crippen LogP contribution in [0.5, 0.6) is 0 Å². The summed E-state index contributed by atoms with van der Waals surface area (Å²) in [5.74, 6) is 0.154. The first-order valence-electron chi connectivity index (χ1n) is 6.28. The lowest BCUT2D eigenvalue weighted by Gasteiger charge is -2.42. The third-order valence-electron chi connectivity index (χ3n) is 3.81. The van der Waals surface area contributed by atoms with Crippen molar-refractivity contribution < 1.29 is 9.53 Å². The van der Waals surface area contributed by atoms with Gasteiger partial charge in [0.25, 0.3) is 0 Å². The molecule has 1 aliphatic carbocycles. The first-order chi connectivity index (χ1) is 7.64. The molecule has 2 rings (SSSR count). The van der Waals surface area contributed by atoms with Crippen LogP contribution in [0.4, 0.5) is 0 Å². The lowest BCUT2D eigenvalue weighted by Crippen LogP contribution is -2.56. The van der Waals surface area contributed by atoms with E-state index < -0.39 is 0 Å². The number of carbonyl (C=O) groups excluding carboxylic acids is 1. The van der Waals surface area contributed by atoms with E-state index in [1.165, 1.54) is 12.8 Å². The molecule has 92 valence electrons. The van der Waals surface area contributed by atoms with Gasteiger partial charge < -0.3 is 15.4 Å². The Balaban J connectivity index is 2.02. The van der Waals surface area contributed by atoms with E-state index in [-0.39, 0.29) is 18.1 Å². The Labute approximate surface area is 97.1 Å². The number of morpholine rings is 1. The fraction of sp³-hybridized carbons (Fsp3) is 0.917. The van der Waals surface area contributed by atoms with Gasteiger partial charge in [0.1, 0.15) is 6.61 Å². The molecule has 1 atom stereocenters. The molecule has 2 fully saturated rings. The van der Waals surface area contributed by atoms with Gasteiger partial charge >= 0.3 is 0 Å². The molecule has 1 amide bonds. The molecule has 1 aliphatic heterocycles. The van der Waals surface area contributed by atoms with Gasteiger partial charge in [-0.3, -0.25) is 4.79 Å². The zero-order valence-electron chi connectivity index (χ0n) is 10.1. The summed E-state index contributed by atoms with van der Waals surface area (Å²) in [4.78, 5) is 13.9. The zero-order chi connectivity index (χ0) is 11.6. The van der Waals surface area contributed by atoms with E-state index in [0.717, 1.165) is 19.3 Å². The first-order valence-corrected chi connectivity index (χ1v) is 6.28. The van der Waals surface area contributed by atoms with Crippen molar-refractivity contribution in [3.05, 3.63) is 0 Å². The average molecular weight is 226 g/mol. The van der Waals surface area contributed by atoms with Gasteiger partial charge in [-0.25, -0.2) is 0 Å². The molecule has 0 aromatic carbocycles. The van der Waals surface area contributed by atoms with Gasteiger partial charge in [-0.2, -0.15) is 0 Å². The normalized spacial score (nSPS) is 32.4. The second-order valence-corrected chi connectivity index (χ2v) is 5.24. The van der Waals surface area contributed by atoms with Crippen molar-refractivity contribution in [1.82, 2.24) is 4.90 Å². The number of hydrogen-bond acceptors (Lipinski definition) is 3. The molecule has 2 N–H and O–H groups in total. The van der Waals surface area contributed by atoms with E-state index in [4.69, 9.17) is 10.5 Å². The minimum atomic E-state index is -0.231. The quantitative estimate of drug-likeness (QED) is 0.777. The molecule has 1 saturated carbocycles. The Bertz CT molecular complexity index is 264. The third-order valence-corrected chi connectivity index (χ3v) is 3.81. The van der Waals surface area contributed by atoms with E-state index in [9.17, 15) is 4.79 Å². The summed E-state index contributed by atoms with van der Waals surface area (Å²) in [6.07, 6.45) is 5.64. The van der Waals surface area contributed by atoms with Gasteiger partial charge in [-0.05, 0) is 32.7 Å². The Kier molecular flexibility index (Phi) is 3.50. The Morgan fingerprint density at radius 2 is 2.19 bits per heavy atom. The minimum absolute atomic E-state index is 0.154. The first kappa shape index (κ1) is 11.9. The van der Waals surface area contributed by atoms with Gasteiger partial charge in [-0.1, -0.05) is 12.8 Å². The van der Waals surface area contributed by atoms with Crippen LogP contribution in [0.25, 0.3) is 0 Å². The Morgan fingerprint density at radius 3 is 2.81 bits per heavy atom. The number of hydrogen-bond donors (Lipinski definition) is 1. The molecule has 0 radical (unpaired) electrons. The molecular formula is C12H22N2O2. The summed E-state index contributed by atoms with van der Waals surface area (Å²) < 4.78 is 5.64. The number of amides is 1. The van der Waals surface area contributed by atoms with Crippen LogP contribution >= 0.6 is 0 Å². The summed E-state index contributed by atoms with van der Waals surface area (Å²) in [6, 6.07) is 0.452. The molecule has 0 spiro atoms. The number of ether oxygens (including phenoxy) is 1. The maximum absolute atomic E-state index is 11.8. The van der Waals surface area contributed by atoms with Crippen LogP contribution in [0.2, 0.25) is 0 Å². The van der Waals surface area contributed by atoms with E-state index in [1.54, 1.807) is 0 Å². The molecule has 16 heavy (non-hydrogen) atoms. The van der Waals surface area contributed by atoms with Crippen LogP contribution in [0.3, 0.4) is 0 Å². The van der Waals surface area contributed by atoms with Crippen LogP contribution in [0.1, 0.15) is 39.0 Å². The molecule has 1 unspecified atom stereocenters. The van der Waals surface area contributed by atoms with E-state index in [0.29, 0.717) is 19.1 Å². The monoisotopic (exact) mass is 226 g/mol. The second kappa shape index (κ2) is 4.72. The fourth-order valence-electron chi connectivity index (χ4n) is 2.82. The number of nitrogens with zero attached hydrogens (tertiary/aromatic N) is 1. The molecule has 0 aromatic heterocycles. The molecule has 4 nitrogen and oxygen atoms in total. The van der Waals surface area contributed by atoms with E-state index in [1.807, 2.05) is 4.90 Å². The number of carbonyl (C=O) groups is 1. The van der Waals surface area contributed by atoms with Gasteiger partial charge in [0.15, 0.2) is 0 Å². The van der Waals surface area contributed by atoms with Crippen molar-refractivity contribution >= 4 is 5.91 Å². The fourth-order valence-corrected chi connectivity index (χ4v) is 2.82. The highest BCUT2D eigenvalue weighted by molar-refractivity contribution is 5.78. The van der Waals surface area contributed by atoms with E-state index >= 15 is 0 Å². The Hall–Kier alpha value is -0.610. The summed E-state index contributed by atoms with van der Waals surface area (Å²) in [7, 11) is 0. The molecule has 2 aliphatic rings. The lowest BCUT2D eigenvalue weighted by atomic mass is 9.98. The summed E-state index contributed by atoms with van der Waals surface area (Å²) in [5, 5.41) is 0. The summed E-state index contributed by atoms with van der Waals surface area (Å²) >= 11 is 0. The van der Waals surface area contributed by atoms with Crippen LogP contribution in [-0.2, 0) is 9.53 Å². The second-order valence-electron chi connectivity index (χ2n) is 5.24. The van der Waals surface area contributed by atoms with Crippen LogP contribution < -0.4 is 5.73 Å². The van der Waals surface area contributed by atoms with Gasteiger partial charge in [0.05, 0.1) is 5.60 Å². The maximum atomic E-state index is 11.8. The third kappa shape index (κ3) is 2.38. The lowest BCUT2D eigenvalue weighted by molar-refractivity contribution is -0.165. The summed E-state index contributed by atoms with van der Waals surface area (Å²) in [5.41, 5.74) is 5.36. The molecule has 0 bridgehead atoms. The topological polar surface area (TPSA) is 55.6 Å². The van der Waals surface area contributed by atoms with Crippen LogP contribution in [0, 0.1) is 0 Å². The predicted molar refractivity (Wildman–Crippen MR) is 62.0 cm³/mol. The van der Waals surface area contributed by atoms with Gasteiger partial charge in [0.2, 0.25) is 5.91 Å². The largest absolute Gasteiger partial charge is 0.364 e. The molecular weight excluding hydrogens is 204 g/mol. The van der Waals surface area contributed by atoms with Crippen LogP contribution in [0.15, 0.2) is 0 Å². The average Bonchev–Trinajstić information content (AvgIpc) is 2.76. The van der Waals surface area contributed by atoms with Crippen molar-refractivity contribution in [3.8, 4) is 0 Å². The van der Waals surface area contributed by atoms with Crippen molar-refractivity contribution in [2.24, 2.45) is 5.73 Å².